The van der Waals surface area contributed by atoms with Gasteiger partial charge in [0.1, 0.15) is 0 Å². The SMILES string of the molecule is CP(C)[C]1[CH][CH][CH][CH]1.CP(C)[C]1[CH][CH][CH][CH]1.[Cl-].[Fe+2].[Ni+2]. The van der Waals surface area contributed by atoms with E-state index in [1.54, 1.807) is 0 Å². The minimum atomic E-state index is 0. The van der Waals surface area contributed by atoms with Gasteiger partial charge in [-0.1, -0.05) is 0 Å². The number of rotatable bonds is 2. The summed E-state index contributed by atoms with van der Waals surface area (Å²) < 4.78 is 0. The van der Waals surface area contributed by atoms with Gasteiger partial charge in [0.25, 0.3) is 0 Å². The fraction of sp³-hybridized carbons (Fsp3) is 0.286. The van der Waals surface area contributed by atoms with Crippen LogP contribution in [0.25, 0.3) is 0 Å². The summed E-state index contributed by atoms with van der Waals surface area (Å²) >= 11 is 0. The van der Waals surface area contributed by atoms with E-state index in [4.69, 9.17) is 0 Å². The molecule has 0 aliphatic heterocycles. The maximum Gasteiger partial charge on any atom is 2.00 e. The zero-order valence-corrected chi connectivity index (χ0v) is 16.2. The molecule has 0 aromatic rings. The van der Waals surface area contributed by atoms with Gasteiger partial charge in [-0.05, 0) is 78.0 Å². The third-order valence-electron chi connectivity index (χ3n) is 2.32. The average Bonchev–Trinajstić information content (AvgIpc) is 2.93. The molecule has 5 heteroatoms. The van der Waals surface area contributed by atoms with Gasteiger partial charge in [-0.3, -0.25) is 0 Å². The van der Waals surface area contributed by atoms with Crippen LogP contribution in [0.2, 0.25) is 0 Å². The first kappa shape index (κ1) is 26.1. The molecule has 0 aromatic heterocycles. The van der Waals surface area contributed by atoms with Gasteiger partial charge >= 0.3 is 33.6 Å². The molecule has 0 nitrogen and oxygen atoms in total. The van der Waals surface area contributed by atoms with Gasteiger partial charge in [-0.15, -0.1) is 15.8 Å². The summed E-state index contributed by atoms with van der Waals surface area (Å²) in [6.45, 7) is 9.07. The van der Waals surface area contributed by atoms with Crippen LogP contribution < -0.4 is 12.4 Å². The second kappa shape index (κ2) is 15.1. The topological polar surface area (TPSA) is 0 Å². The Balaban J connectivity index is -0.000000233. The van der Waals surface area contributed by atoms with Crippen LogP contribution in [-0.4, -0.2) is 26.7 Å². The van der Waals surface area contributed by atoms with E-state index in [2.05, 4.69) is 78.0 Å². The minimum Gasteiger partial charge on any atom is -1.00 e. The van der Waals surface area contributed by atoms with E-state index < -0.39 is 0 Å². The van der Waals surface area contributed by atoms with Crippen LogP contribution in [-0.2, 0) is 33.6 Å². The van der Waals surface area contributed by atoms with Gasteiger partial charge in [0.15, 0.2) is 0 Å². The molecule has 2 rings (SSSR count). The van der Waals surface area contributed by atoms with Crippen LogP contribution in [0.15, 0.2) is 0 Å². The maximum atomic E-state index is 2.27. The standard InChI is InChI=1S/2C7H10P.ClH.Fe.Ni/c2*1-8(2)7-5-3-4-6-7;;;/h2*3-6H,1-2H3;1H;;/q;;;2*+2/p-1. The summed E-state index contributed by atoms with van der Waals surface area (Å²) in [5, 5.41) is 0. The summed E-state index contributed by atoms with van der Waals surface area (Å²) in [6.07, 6.45) is 17.1. The van der Waals surface area contributed by atoms with E-state index in [9.17, 15) is 0 Å². The van der Waals surface area contributed by atoms with Crippen molar-refractivity contribution >= 4 is 15.8 Å². The first-order chi connectivity index (χ1) is 7.61. The molecule has 0 atom stereocenters. The van der Waals surface area contributed by atoms with E-state index >= 15 is 0 Å². The molecule has 0 aromatic carbocycles. The predicted octanol–water partition coefficient (Wildman–Crippen LogP) is 1.18. The van der Waals surface area contributed by atoms with Crippen LogP contribution in [0.1, 0.15) is 0 Å². The number of halogens is 1. The monoisotopic (exact) mass is 399 g/mol. The summed E-state index contributed by atoms with van der Waals surface area (Å²) in [7, 11) is 0.283. The van der Waals surface area contributed by atoms with Crippen molar-refractivity contribution in [1.82, 2.24) is 0 Å². The third kappa shape index (κ3) is 11.4. The number of hydrogen-bond acceptors (Lipinski definition) is 0. The molecule has 0 bridgehead atoms. The first-order valence-electron chi connectivity index (χ1n) is 5.39. The van der Waals surface area contributed by atoms with Crippen molar-refractivity contribution in [2.75, 3.05) is 26.7 Å². The summed E-state index contributed by atoms with van der Waals surface area (Å²) in [5.74, 6) is 0. The molecular formula is C14H20ClFeNiP2+3. The zero-order chi connectivity index (χ0) is 12.0. The number of hydrogen-bond donors (Lipinski definition) is 0. The van der Waals surface area contributed by atoms with Crippen LogP contribution in [0.4, 0.5) is 0 Å². The van der Waals surface area contributed by atoms with E-state index in [-0.39, 0.29) is 61.8 Å². The van der Waals surface area contributed by atoms with Crippen molar-refractivity contribution in [3.05, 3.63) is 62.7 Å². The van der Waals surface area contributed by atoms with Crippen molar-refractivity contribution in [2.24, 2.45) is 0 Å². The molecular weight excluding hydrogens is 380 g/mol. The van der Waals surface area contributed by atoms with Gasteiger partial charge in [0.2, 0.25) is 0 Å². The molecule has 2 aliphatic rings. The van der Waals surface area contributed by atoms with E-state index in [0.29, 0.717) is 0 Å². The molecule has 2 saturated carbocycles. The van der Waals surface area contributed by atoms with Gasteiger partial charge in [0, 0.05) is 11.3 Å². The smallest absolute Gasteiger partial charge is 1.00 e. The Morgan fingerprint density at radius 1 is 0.632 bits per heavy atom. The van der Waals surface area contributed by atoms with E-state index in [1.807, 2.05) is 0 Å². The molecule has 0 N–H and O–H groups in total. The molecule has 0 saturated heterocycles. The van der Waals surface area contributed by atoms with Crippen molar-refractivity contribution in [1.29, 1.82) is 0 Å². The molecule has 0 amide bonds. The molecule has 2 fully saturated rings. The molecule has 0 spiro atoms. The summed E-state index contributed by atoms with van der Waals surface area (Å²) in [5.41, 5.74) is 3.00. The Kier molecular flexibility index (Phi) is 20.7. The molecule has 0 unspecified atom stereocenters. The first-order valence-corrected chi connectivity index (χ1v) is 9.86. The molecule has 19 heavy (non-hydrogen) atoms. The molecule has 10 radical (unpaired) electrons. The molecule has 2 aliphatic carbocycles. The normalized spacial score (nSPS) is 19.3. The average molecular weight is 400 g/mol. The van der Waals surface area contributed by atoms with Crippen LogP contribution in [0.5, 0.6) is 0 Å². The van der Waals surface area contributed by atoms with Crippen LogP contribution in [0, 0.1) is 62.7 Å². The zero-order valence-electron chi connectivity index (χ0n) is 11.6. The molecule has 0 heterocycles. The van der Waals surface area contributed by atoms with Crippen molar-refractivity contribution in [2.45, 2.75) is 0 Å². The predicted molar refractivity (Wildman–Crippen MR) is 78.4 cm³/mol. The Labute approximate surface area is 150 Å². The van der Waals surface area contributed by atoms with Crippen molar-refractivity contribution in [3.8, 4) is 0 Å². The van der Waals surface area contributed by atoms with Crippen LogP contribution >= 0.6 is 15.8 Å². The van der Waals surface area contributed by atoms with Crippen molar-refractivity contribution in [3.63, 3.8) is 0 Å². The minimum absolute atomic E-state index is 0. The Bertz CT molecular complexity index is 162. The fourth-order valence-corrected chi connectivity index (χ4v) is 2.86. The second-order valence-corrected chi connectivity index (χ2v) is 8.69. The summed E-state index contributed by atoms with van der Waals surface area (Å²) in [6, 6.07) is 0. The van der Waals surface area contributed by atoms with Crippen LogP contribution in [0.3, 0.4) is 0 Å². The van der Waals surface area contributed by atoms with Gasteiger partial charge in [-0.2, -0.15) is 0 Å². The van der Waals surface area contributed by atoms with Crippen molar-refractivity contribution < 1.29 is 46.0 Å². The van der Waals surface area contributed by atoms with E-state index in [1.165, 1.54) is 11.3 Å². The van der Waals surface area contributed by atoms with Gasteiger partial charge in [-0.25, -0.2) is 0 Å². The Hall–Kier alpha value is 2.16. The van der Waals surface area contributed by atoms with E-state index in [0.717, 1.165) is 0 Å². The Morgan fingerprint density at radius 3 is 0.947 bits per heavy atom. The third-order valence-corrected chi connectivity index (χ3v) is 4.98. The quantitative estimate of drug-likeness (QED) is 0.483. The summed E-state index contributed by atoms with van der Waals surface area (Å²) in [4.78, 5) is 0. The second-order valence-electron chi connectivity index (χ2n) is 4.08. The molecule has 108 valence electrons. The Morgan fingerprint density at radius 2 is 0.842 bits per heavy atom. The fourth-order valence-electron chi connectivity index (χ4n) is 1.32. The maximum absolute atomic E-state index is 2.27. The van der Waals surface area contributed by atoms with Gasteiger partial charge in [0.05, 0.1) is 0 Å². The van der Waals surface area contributed by atoms with Gasteiger partial charge < -0.3 is 12.4 Å². The largest absolute Gasteiger partial charge is 2.00 e.